The number of hydrogen-bond donors (Lipinski definition) is 2. The number of rotatable bonds is 7. The number of pyridine rings is 1. The second kappa shape index (κ2) is 10.2. The predicted octanol–water partition coefficient (Wildman–Crippen LogP) is 3.62. The van der Waals surface area contributed by atoms with Gasteiger partial charge in [0.15, 0.2) is 0 Å². The molecule has 11 heteroatoms. The summed E-state index contributed by atoms with van der Waals surface area (Å²) in [6, 6.07) is 5.61. The summed E-state index contributed by atoms with van der Waals surface area (Å²) >= 11 is 0. The first-order valence-corrected chi connectivity index (χ1v) is 11.9. The van der Waals surface area contributed by atoms with Gasteiger partial charge in [-0.3, -0.25) is 19.5 Å². The second-order valence-electron chi connectivity index (χ2n) is 9.54. The van der Waals surface area contributed by atoms with Crippen LogP contribution in [0.25, 0.3) is 0 Å². The zero-order chi connectivity index (χ0) is 26.9. The summed E-state index contributed by atoms with van der Waals surface area (Å²) in [5.74, 6) is -0.926. The van der Waals surface area contributed by atoms with Crippen LogP contribution in [0.5, 0.6) is 0 Å². The molecule has 0 bridgehead atoms. The van der Waals surface area contributed by atoms with Crippen molar-refractivity contribution in [2.45, 2.75) is 45.1 Å². The van der Waals surface area contributed by atoms with E-state index in [1.807, 2.05) is 13.8 Å². The molecule has 4 amide bonds. The molecule has 196 valence electrons. The number of aromatic nitrogens is 1. The van der Waals surface area contributed by atoms with Crippen molar-refractivity contribution in [3.63, 3.8) is 0 Å². The molecule has 2 atom stereocenters. The van der Waals surface area contributed by atoms with E-state index < -0.39 is 35.8 Å². The van der Waals surface area contributed by atoms with Gasteiger partial charge in [-0.1, -0.05) is 38.1 Å². The van der Waals surface area contributed by atoms with Gasteiger partial charge in [0.25, 0.3) is 5.91 Å². The Hall–Kier alpha value is -3.89. The van der Waals surface area contributed by atoms with E-state index in [0.717, 1.165) is 11.6 Å². The fourth-order valence-corrected chi connectivity index (χ4v) is 4.71. The molecule has 37 heavy (non-hydrogen) atoms. The molecule has 2 N–H and O–H groups in total. The number of amides is 4. The molecule has 3 heterocycles. The van der Waals surface area contributed by atoms with Crippen molar-refractivity contribution < 1.29 is 27.6 Å². The number of nitrogens with one attached hydrogen (secondary N) is 2. The van der Waals surface area contributed by atoms with Crippen LogP contribution in [0.1, 0.15) is 43.0 Å². The number of halogens is 3. The van der Waals surface area contributed by atoms with Crippen LogP contribution < -0.4 is 10.6 Å². The van der Waals surface area contributed by atoms with Crippen LogP contribution >= 0.6 is 0 Å². The van der Waals surface area contributed by atoms with Gasteiger partial charge in [-0.2, -0.15) is 13.2 Å². The fourth-order valence-electron chi connectivity index (χ4n) is 4.71. The third-order valence-corrected chi connectivity index (χ3v) is 6.53. The van der Waals surface area contributed by atoms with Crippen molar-refractivity contribution in [3.05, 3.63) is 76.8 Å². The van der Waals surface area contributed by atoms with Crippen LogP contribution in [0.4, 0.5) is 18.0 Å². The smallest absolute Gasteiger partial charge is 0.350 e. The number of urea groups is 1. The van der Waals surface area contributed by atoms with E-state index in [1.165, 1.54) is 35.0 Å². The van der Waals surface area contributed by atoms with Gasteiger partial charge in [0.1, 0.15) is 6.04 Å². The van der Waals surface area contributed by atoms with Gasteiger partial charge in [0.05, 0.1) is 29.4 Å². The average Bonchev–Trinajstić information content (AvgIpc) is 3.20. The lowest BCUT2D eigenvalue weighted by Crippen LogP contribution is -2.49. The van der Waals surface area contributed by atoms with E-state index in [-0.39, 0.29) is 41.7 Å². The lowest BCUT2D eigenvalue weighted by molar-refractivity contribution is -0.139. The molecule has 0 saturated carbocycles. The van der Waals surface area contributed by atoms with Gasteiger partial charge in [-0.25, -0.2) is 4.79 Å². The number of nitrogens with zero attached hydrogens (tertiary/aromatic N) is 3. The molecule has 4 rings (SSSR count). The van der Waals surface area contributed by atoms with Gasteiger partial charge in [-0.05, 0) is 35.6 Å². The Bertz CT molecular complexity index is 1230. The van der Waals surface area contributed by atoms with Gasteiger partial charge < -0.3 is 15.5 Å². The van der Waals surface area contributed by atoms with Crippen molar-refractivity contribution in [2.24, 2.45) is 5.92 Å². The number of benzene rings is 1. The third kappa shape index (κ3) is 5.30. The quantitative estimate of drug-likeness (QED) is 0.589. The highest BCUT2D eigenvalue weighted by atomic mass is 19.4. The first kappa shape index (κ1) is 26.2. The Morgan fingerprint density at radius 3 is 2.57 bits per heavy atom. The molecule has 1 aromatic carbocycles. The lowest BCUT2D eigenvalue weighted by atomic mass is 9.91. The maximum atomic E-state index is 13.8. The zero-order valence-electron chi connectivity index (χ0n) is 20.7. The molecule has 0 fully saturated rings. The van der Waals surface area contributed by atoms with Crippen LogP contribution in [-0.4, -0.2) is 52.3 Å². The van der Waals surface area contributed by atoms with Crippen LogP contribution in [0.15, 0.2) is 60.1 Å². The summed E-state index contributed by atoms with van der Waals surface area (Å²) in [6.07, 6.45) is -1.11. The second-order valence-corrected chi connectivity index (χ2v) is 9.54. The maximum absolute atomic E-state index is 13.8. The highest BCUT2D eigenvalue weighted by Gasteiger charge is 2.48. The predicted molar refractivity (Wildman–Crippen MR) is 129 cm³/mol. The van der Waals surface area contributed by atoms with Gasteiger partial charge in [0.2, 0.25) is 5.91 Å². The fraction of sp³-hybridized carbons (Fsp3) is 0.385. The number of carbonyl (C=O) groups excluding carboxylic acids is 3. The maximum Gasteiger partial charge on any atom is 0.416 e. The minimum atomic E-state index is -4.68. The number of likely N-dealkylation sites (N-methyl/N-ethyl adjacent to an activating group) is 1. The van der Waals surface area contributed by atoms with Gasteiger partial charge in [0, 0.05) is 26.0 Å². The minimum absolute atomic E-state index is 0.0348. The molecule has 2 aromatic rings. The molecule has 2 aliphatic rings. The van der Waals surface area contributed by atoms with E-state index in [1.54, 1.807) is 24.5 Å². The lowest BCUT2D eigenvalue weighted by Gasteiger charge is -2.32. The van der Waals surface area contributed by atoms with E-state index in [2.05, 4.69) is 15.6 Å². The normalized spacial score (nSPS) is 18.7. The summed E-state index contributed by atoms with van der Waals surface area (Å²) in [6.45, 7) is 3.96. The standard InChI is InChI=1S/C26H28F3N5O3/c1-15(2)11-19(23(35)31-13-16-7-6-10-30-12-16)34-14-20-21(24(34)36)22(32-25(37)33(20)3)17-8-4-5-9-18(17)26(27,28)29/h4-10,12,15,19,22H,11,13-14H2,1-3H3,(H,31,35)(H,32,37)/t19-,22+/m0/s1. The molecule has 2 aliphatic heterocycles. The van der Waals surface area contributed by atoms with E-state index in [9.17, 15) is 27.6 Å². The Labute approximate surface area is 212 Å². The van der Waals surface area contributed by atoms with Crippen LogP contribution in [0, 0.1) is 5.92 Å². The first-order valence-electron chi connectivity index (χ1n) is 11.9. The molecule has 1 aromatic heterocycles. The number of carbonyl (C=O) groups is 3. The van der Waals surface area contributed by atoms with Crippen molar-refractivity contribution >= 4 is 17.8 Å². The molecule has 0 spiro atoms. The molecule has 0 saturated heterocycles. The summed E-state index contributed by atoms with van der Waals surface area (Å²) in [5.41, 5.74) is -0.0590. The van der Waals surface area contributed by atoms with Crippen LogP contribution in [0.2, 0.25) is 0 Å². The van der Waals surface area contributed by atoms with Crippen molar-refractivity contribution in [3.8, 4) is 0 Å². The van der Waals surface area contributed by atoms with Crippen molar-refractivity contribution in [1.29, 1.82) is 0 Å². The van der Waals surface area contributed by atoms with Crippen molar-refractivity contribution in [1.82, 2.24) is 25.4 Å². The number of hydrogen-bond acceptors (Lipinski definition) is 4. The van der Waals surface area contributed by atoms with Crippen molar-refractivity contribution in [2.75, 3.05) is 13.6 Å². The van der Waals surface area contributed by atoms with Crippen LogP contribution in [0.3, 0.4) is 0 Å². The summed E-state index contributed by atoms with van der Waals surface area (Å²) in [7, 11) is 1.45. The largest absolute Gasteiger partial charge is 0.416 e. The molecule has 0 aliphatic carbocycles. The monoisotopic (exact) mass is 515 g/mol. The highest BCUT2D eigenvalue weighted by molar-refractivity contribution is 6.03. The molecule has 0 unspecified atom stereocenters. The molecular formula is C26H28F3N5O3. The Morgan fingerprint density at radius 2 is 1.92 bits per heavy atom. The van der Waals surface area contributed by atoms with E-state index >= 15 is 0 Å². The number of alkyl halides is 3. The molecule has 0 radical (unpaired) electrons. The van der Waals surface area contributed by atoms with E-state index in [4.69, 9.17) is 0 Å². The Balaban J connectivity index is 1.67. The SMILES string of the molecule is CC(C)C[C@@H](C(=O)NCc1cccnc1)N1CC2=C(C1=O)[C@@H](c1ccccc1C(F)(F)F)NC(=O)N2C. The summed E-state index contributed by atoms with van der Waals surface area (Å²) in [5, 5.41) is 5.39. The average molecular weight is 516 g/mol. The molecule has 8 nitrogen and oxygen atoms in total. The Kier molecular flexibility index (Phi) is 7.24. The topological polar surface area (TPSA) is 94.6 Å². The van der Waals surface area contributed by atoms with Gasteiger partial charge in [-0.15, -0.1) is 0 Å². The highest BCUT2D eigenvalue weighted by Crippen LogP contribution is 2.41. The molecular weight excluding hydrogens is 487 g/mol. The minimum Gasteiger partial charge on any atom is -0.350 e. The van der Waals surface area contributed by atoms with E-state index in [0.29, 0.717) is 6.42 Å². The third-order valence-electron chi connectivity index (χ3n) is 6.53. The Morgan fingerprint density at radius 1 is 1.19 bits per heavy atom. The summed E-state index contributed by atoms with van der Waals surface area (Å²) < 4.78 is 41.4. The van der Waals surface area contributed by atoms with Gasteiger partial charge >= 0.3 is 12.2 Å². The first-order chi connectivity index (χ1) is 17.5. The van der Waals surface area contributed by atoms with Crippen LogP contribution in [-0.2, 0) is 22.3 Å². The summed E-state index contributed by atoms with van der Waals surface area (Å²) in [4.78, 5) is 46.4. The zero-order valence-corrected chi connectivity index (χ0v) is 20.7.